The van der Waals surface area contributed by atoms with Gasteiger partial charge in [0.25, 0.3) is 11.6 Å². The molecule has 1 N–H and O–H groups in total. The molecule has 182 valence electrons. The molecule has 0 saturated carbocycles. The van der Waals surface area contributed by atoms with E-state index in [9.17, 15) is 14.9 Å². The third kappa shape index (κ3) is 5.94. The molecule has 3 aromatic carbocycles. The number of ether oxygens (including phenoxy) is 1. The highest BCUT2D eigenvalue weighted by molar-refractivity contribution is 7.99. The van der Waals surface area contributed by atoms with Crippen LogP contribution in [0.15, 0.2) is 89.1 Å². The number of amides is 1. The number of carbonyl (C=O) groups excluding carboxylic acids is 1. The second-order valence-corrected chi connectivity index (χ2v) is 8.27. The second-order valence-electron chi connectivity index (χ2n) is 7.33. The maximum atomic E-state index is 12.4. The first kappa shape index (κ1) is 24.6. The predicted octanol–water partition coefficient (Wildman–Crippen LogP) is 4.48. The fraction of sp³-hybridized carbons (Fsp3) is 0.120. The number of rotatable bonds is 10. The number of nitro groups is 1. The molecule has 0 saturated heterocycles. The molecular formula is C25H22N6O4S. The normalized spacial score (nSPS) is 10.9. The predicted molar refractivity (Wildman–Crippen MR) is 138 cm³/mol. The number of nitrogens with zero attached hydrogens (tertiary/aromatic N) is 5. The van der Waals surface area contributed by atoms with Gasteiger partial charge >= 0.3 is 0 Å². The van der Waals surface area contributed by atoms with Crippen molar-refractivity contribution in [1.29, 1.82) is 0 Å². The Labute approximate surface area is 211 Å². The molecule has 0 fully saturated rings. The van der Waals surface area contributed by atoms with Crippen molar-refractivity contribution >= 4 is 29.6 Å². The molecule has 1 heterocycles. The molecule has 0 atom stereocenters. The average molecular weight is 503 g/mol. The number of carbonyl (C=O) groups is 1. The Kier molecular flexibility index (Phi) is 8.04. The first-order chi connectivity index (χ1) is 17.6. The quantitative estimate of drug-likeness (QED) is 0.147. The lowest BCUT2D eigenvalue weighted by molar-refractivity contribution is -0.385. The second kappa shape index (κ2) is 11.8. The fourth-order valence-corrected chi connectivity index (χ4v) is 4.07. The Morgan fingerprint density at radius 2 is 1.81 bits per heavy atom. The summed E-state index contributed by atoms with van der Waals surface area (Å²) in [5.74, 6) is 1.01. The fourth-order valence-electron chi connectivity index (χ4n) is 3.33. The van der Waals surface area contributed by atoms with E-state index >= 15 is 0 Å². The Morgan fingerprint density at radius 3 is 2.53 bits per heavy atom. The lowest BCUT2D eigenvalue weighted by Gasteiger charge is -2.11. The lowest BCUT2D eigenvalue weighted by Crippen LogP contribution is -2.20. The summed E-state index contributed by atoms with van der Waals surface area (Å²) in [6, 6.07) is 23.3. The minimum atomic E-state index is -0.503. The first-order valence-corrected chi connectivity index (χ1v) is 12.0. The molecular weight excluding hydrogens is 480 g/mol. The topological polar surface area (TPSA) is 125 Å². The molecule has 4 rings (SSSR count). The van der Waals surface area contributed by atoms with Crippen LogP contribution >= 0.6 is 11.8 Å². The molecule has 0 aliphatic heterocycles. The Bertz CT molecular complexity index is 1370. The van der Waals surface area contributed by atoms with E-state index in [0.29, 0.717) is 17.6 Å². The van der Waals surface area contributed by atoms with E-state index in [1.807, 2.05) is 66.1 Å². The molecule has 11 heteroatoms. The third-order valence-corrected chi connectivity index (χ3v) is 5.86. The van der Waals surface area contributed by atoms with Crippen LogP contribution in [0.3, 0.4) is 0 Å². The summed E-state index contributed by atoms with van der Waals surface area (Å²) in [6.07, 6.45) is 1.25. The summed E-state index contributed by atoms with van der Waals surface area (Å²) >= 11 is 1.20. The molecule has 10 nitrogen and oxygen atoms in total. The van der Waals surface area contributed by atoms with Gasteiger partial charge in [0.05, 0.1) is 29.1 Å². The van der Waals surface area contributed by atoms with Gasteiger partial charge in [0.15, 0.2) is 11.0 Å². The summed E-state index contributed by atoms with van der Waals surface area (Å²) in [5.41, 5.74) is 4.29. The minimum Gasteiger partial charge on any atom is -0.494 e. The number of nitro benzene ring substituents is 1. The molecule has 0 unspecified atom stereocenters. The SMILES string of the molecule is CCOc1ccc(-n2c(SCC(=O)N/N=C\c3ccccc3[N+](=O)[O-])nnc2-c2ccccc2)cc1. The standard InChI is InChI=1S/C25H22N6O4S/c1-2-35-21-14-12-20(13-15-21)30-24(18-8-4-3-5-9-18)28-29-25(30)36-17-23(32)27-26-16-19-10-6-7-11-22(19)31(33)34/h3-16H,2,17H2,1H3,(H,27,32)/b26-16-. The molecule has 1 amide bonds. The minimum absolute atomic E-state index is 0.0121. The number of nitrogens with one attached hydrogen (secondary N) is 1. The van der Waals surface area contributed by atoms with Crippen molar-refractivity contribution in [2.75, 3.05) is 12.4 Å². The highest BCUT2D eigenvalue weighted by Gasteiger charge is 2.17. The zero-order valence-electron chi connectivity index (χ0n) is 19.3. The van der Waals surface area contributed by atoms with Crippen LogP contribution in [0.4, 0.5) is 5.69 Å². The van der Waals surface area contributed by atoms with Crippen molar-refractivity contribution in [2.45, 2.75) is 12.1 Å². The van der Waals surface area contributed by atoms with Gasteiger partial charge in [0, 0.05) is 17.3 Å². The van der Waals surface area contributed by atoms with Crippen molar-refractivity contribution in [1.82, 2.24) is 20.2 Å². The maximum absolute atomic E-state index is 12.4. The van der Waals surface area contributed by atoms with Crippen LogP contribution in [-0.4, -0.2) is 44.2 Å². The van der Waals surface area contributed by atoms with Crippen LogP contribution in [-0.2, 0) is 4.79 Å². The van der Waals surface area contributed by atoms with Crippen molar-refractivity contribution in [2.24, 2.45) is 5.10 Å². The van der Waals surface area contributed by atoms with E-state index in [-0.39, 0.29) is 17.0 Å². The number of hydrogen-bond acceptors (Lipinski definition) is 8. The maximum Gasteiger partial charge on any atom is 0.278 e. The molecule has 4 aromatic rings. The van der Waals surface area contributed by atoms with E-state index in [2.05, 4.69) is 20.7 Å². The lowest BCUT2D eigenvalue weighted by atomic mass is 10.2. The van der Waals surface area contributed by atoms with Crippen molar-refractivity contribution in [3.05, 3.63) is 94.5 Å². The van der Waals surface area contributed by atoms with Gasteiger partial charge in [-0.2, -0.15) is 5.10 Å². The largest absolute Gasteiger partial charge is 0.494 e. The first-order valence-electron chi connectivity index (χ1n) is 11.0. The summed E-state index contributed by atoms with van der Waals surface area (Å²) < 4.78 is 7.42. The van der Waals surface area contributed by atoms with Gasteiger partial charge < -0.3 is 4.74 Å². The molecule has 0 aliphatic carbocycles. The van der Waals surface area contributed by atoms with Gasteiger partial charge in [-0.25, -0.2) is 5.43 Å². The third-order valence-electron chi connectivity index (χ3n) is 4.93. The van der Waals surface area contributed by atoms with Crippen molar-refractivity contribution < 1.29 is 14.5 Å². The highest BCUT2D eigenvalue weighted by atomic mass is 32.2. The molecule has 0 bridgehead atoms. The summed E-state index contributed by atoms with van der Waals surface area (Å²) in [4.78, 5) is 23.0. The smallest absolute Gasteiger partial charge is 0.278 e. The van der Waals surface area contributed by atoms with Crippen LogP contribution in [0.1, 0.15) is 12.5 Å². The Hall–Kier alpha value is -4.51. The molecule has 0 spiro atoms. The Morgan fingerprint density at radius 1 is 1.08 bits per heavy atom. The van der Waals surface area contributed by atoms with Gasteiger partial charge in [-0.05, 0) is 37.3 Å². The Balaban J connectivity index is 1.50. The van der Waals surface area contributed by atoms with E-state index in [1.165, 1.54) is 24.0 Å². The van der Waals surface area contributed by atoms with Crippen LogP contribution in [0, 0.1) is 10.1 Å². The monoisotopic (exact) mass is 502 g/mol. The van der Waals surface area contributed by atoms with Crippen LogP contribution in [0.2, 0.25) is 0 Å². The van der Waals surface area contributed by atoms with Gasteiger partial charge in [0.2, 0.25) is 0 Å². The molecule has 1 aromatic heterocycles. The van der Waals surface area contributed by atoms with Crippen molar-refractivity contribution in [3.63, 3.8) is 0 Å². The van der Waals surface area contributed by atoms with E-state index in [1.54, 1.807) is 18.2 Å². The van der Waals surface area contributed by atoms with Crippen LogP contribution < -0.4 is 10.2 Å². The van der Waals surface area contributed by atoms with Crippen LogP contribution in [0.25, 0.3) is 17.1 Å². The zero-order chi connectivity index (χ0) is 25.3. The summed E-state index contributed by atoms with van der Waals surface area (Å²) in [7, 11) is 0. The van der Waals surface area contributed by atoms with Gasteiger partial charge in [-0.15, -0.1) is 10.2 Å². The number of benzene rings is 3. The van der Waals surface area contributed by atoms with E-state index < -0.39 is 10.8 Å². The highest BCUT2D eigenvalue weighted by Crippen LogP contribution is 2.28. The molecule has 0 aliphatic rings. The number of hydrazone groups is 1. The zero-order valence-corrected chi connectivity index (χ0v) is 20.1. The van der Waals surface area contributed by atoms with Gasteiger partial charge in [-0.1, -0.05) is 54.2 Å². The average Bonchev–Trinajstić information content (AvgIpc) is 3.33. The number of thioether (sulfide) groups is 1. The van der Waals surface area contributed by atoms with Crippen molar-refractivity contribution in [3.8, 4) is 22.8 Å². The molecule has 36 heavy (non-hydrogen) atoms. The van der Waals surface area contributed by atoms with Crippen LogP contribution in [0.5, 0.6) is 5.75 Å². The van der Waals surface area contributed by atoms with E-state index in [0.717, 1.165) is 17.0 Å². The number of aromatic nitrogens is 3. The van der Waals surface area contributed by atoms with Gasteiger partial charge in [-0.3, -0.25) is 19.5 Å². The number of hydrogen-bond donors (Lipinski definition) is 1. The van der Waals surface area contributed by atoms with E-state index in [4.69, 9.17) is 4.74 Å². The summed E-state index contributed by atoms with van der Waals surface area (Å²) in [6.45, 7) is 2.49. The summed E-state index contributed by atoms with van der Waals surface area (Å²) in [5, 5.41) is 24.2. The number of para-hydroxylation sites is 1. The molecule has 0 radical (unpaired) electrons. The van der Waals surface area contributed by atoms with Gasteiger partial charge in [0.1, 0.15) is 5.75 Å².